The highest BCUT2D eigenvalue weighted by Crippen LogP contribution is 2.14. The quantitative estimate of drug-likeness (QED) is 0.749. The molecule has 1 saturated heterocycles. The monoisotopic (exact) mass is 243 g/mol. The minimum Gasteiger partial charge on any atom is -0.370 e. The van der Waals surface area contributed by atoms with Gasteiger partial charge in [-0.05, 0) is 26.4 Å². The Bertz CT molecular complexity index is 244. The van der Waals surface area contributed by atoms with Crippen molar-refractivity contribution in [1.29, 1.82) is 0 Å². The van der Waals surface area contributed by atoms with Crippen molar-refractivity contribution in [3.05, 3.63) is 0 Å². The zero-order valence-electron chi connectivity index (χ0n) is 11.2. The van der Waals surface area contributed by atoms with E-state index in [0.29, 0.717) is 0 Å². The third-order valence-corrected chi connectivity index (χ3v) is 3.43. The second-order valence-electron chi connectivity index (χ2n) is 4.67. The van der Waals surface area contributed by atoms with Gasteiger partial charge >= 0.3 is 0 Å². The highest BCUT2D eigenvalue weighted by molar-refractivity contribution is 5.81. The van der Waals surface area contributed by atoms with Crippen LogP contribution in [-0.4, -0.2) is 68.2 Å². The molecule has 100 valence electrons. The molecule has 0 aromatic heterocycles. The van der Waals surface area contributed by atoms with Gasteiger partial charge in [-0.15, -0.1) is 0 Å². The van der Waals surface area contributed by atoms with Gasteiger partial charge in [-0.2, -0.15) is 0 Å². The summed E-state index contributed by atoms with van der Waals surface area (Å²) < 4.78 is 5.15. The molecule has 1 rings (SSSR count). The Morgan fingerprint density at radius 1 is 1.53 bits per heavy atom. The molecule has 2 atom stereocenters. The lowest BCUT2D eigenvalue weighted by Crippen LogP contribution is -2.50. The lowest BCUT2D eigenvalue weighted by molar-refractivity contribution is -0.143. The average Bonchev–Trinajstić information content (AvgIpc) is 2.51. The molecule has 2 N–H and O–H groups in total. The summed E-state index contributed by atoms with van der Waals surface area (Å²) in [6, 6.07) is 0.277. The van der Waals surface area contributed by atoms with E-state index in [0.717, 1.165) is 32.5 Å². The van der Waals surface area contributed by atoms with E-state index in [2.05, 4.69) is 18.9 Å². The van der Waals surface area contributed by atoms with Gasteiger partial charge in [0, 0.05) is 32.8 Å². The first-order valence-electron chi connectivity index (χ1n) is 6.35. The van der Waals surface area contributed by atoms with Crippen molar-refractivity contribution in [3.8, 4) is 0 Å². The van der Waals surface area contributed by atoms with Crippen molar-refractivity contribution in [1.82, 2.24) is 9.80 Å². The summed E-state index contributed by atoms with van der Waals surface area (Å²) >= 11 is 0. The smallest absolute Gasteiger partial charge is 0.253 e. The van der Waals surface area contributed by atoms with E-state index in [-0.39, 0.29) is 18.5 Å². The van der Waals surface area contributed by atoms with Crippen LogP contribution in [0.2, 0.25) is 0 Å². The van der Waals surface area contributed by atoms with E-state index in [9.17, 15) is 4.79 Å². The van der Waals surface area contributed by atoms with Gasteiger partial charge in [0.2, 0.25) is 0 Å². The Balaban J connectivity index is 2.74. The summed E-state index contributed by atoms with van der Waals surface area (Å²) in [7, 11) is 3.65. The van der Waals surface area contributed by atoms with E-state index >= 15 is 0 Å². The van der Waals surface area contributed by atoms with Crippen LogP contribution in [0.25, 0.3) is 0 Å². The minimum absolute atomic E-state index is 0.0390. The number of amides is 1. The number of likely N-dealkylation sites (N-methyl/N-ethyl adjacent to an activating group) is 1. The first-order valence-corrected chi connectivity index (χ1v) is 6.35. The van der Waals surface area contributed by atoms with Crippen LogP contribution in [0.5, 0.6) is 0 Å². The number of carbonyl (C=O) groups excluding carboxylic acids is 1. The van der Waals surface area contributed by atoms with Gasteiger partial charge in [0.05, 0.1) is 0 Å². The van der Waals surface area contributed by atoms with Crippen molar-refractivity contribution < 1.29 is 9.53 Å². The molecule has 5 heteroatoms. The number of ether oxygens (including phenoxy) is 1. The van der Waals surface area contributed by atoms with E-state index in [4.69, 9.17) is 10.5 Å². The minimum atomic E-state index is -0.493. The fraction of sp³-hybridized carbons (Fsp3) is 0.917. The summed E-state index contributed by atoms with van der Waals surface area (Å²) in [6.07, 6.45) is 1.49. The van der Waals surface area contributed by atoms with Crippen molar-refractivity contribution in [2.45, 2.75) is 31.9 Å². The number of rotatable bonds is 4. The summed E-state index contributed by atoms with van der Waals surface area (Å²) in [6.45, 7) is 5.15. The summed E-state index contributed by atoms with van der Waals surface area (Å²) in [5.74, 6) is 0.0390. The van der Waals surface area contributed by atoms with Gasteiger partial charge in [-0.3, -0.25) is 4.79 Å². The normalized spacial score (nSPS) is 24.5. The molecule has 0 aliphatic carbocycles. The molecular weight excluding hydrogens is 218 g/mol. The predicted molar refractivity (Wildman–Crippen MR) is 67.8 cm³/mol. The summed E-state index contributed by atoms with van der Waals surface area (Å²) in [5.41, 5.74) is 5.56. The fourth-order valence-electron chi connectivity index (χ4n) is 2.37. The van der Waals surface area contributed by atoms with Crippen LogP contribution >= 0.6 is 0 Å². The molecule has 1 aliphatic rings. The van der Waals surface area contributed by atoms with Gasteiger partial charge in [0.1, 0.15) is 6.10 Å². The van der Waals surface area contributed by atoms with Crippen molar-refractivity contribution in [2.75, 3.05) is 40.3 Å². The second-order valence-corrected chi connectivity index (χ2v) is 4.67. The van der Waals surface area contributed by atoms with E-state index < -0.39 is 6.10 Å². The molecule has 0 saturated carbocycles. The number of hydrogen-bond acceptors (Lipinski definition) is 4. The van der Waals surface area contributed by atoms with Crippen LogP contribution < -0.4 is 5.73 Å². The maximum absolute atomic E-state index is 12.3. The maximum atomic E-state index is 12.3. The molecule has 2 unspecified atom stereocenters. The van der Waals surface area contributed by atoms with E-state index in [1.54, 1.807) is 7.11 Å². The Labute approximate surface area is 104 Å². The lowest BCUT2D eigenvalue weighted by atomic mass is 10.1. The van der Waals surface area contributed by atoms with Crippen LogP contribution in [0.3, 0.4) is 0 Å². The van der Waals surface area contributed by atoms with Crippen molar-refractivity contribution in [2.24, 2.45) is 5.73 Å². The van der Waals surface area contributed by atoms with E-state index in [1.165, 1.54) is 0 Å². The molecule has 0 aromatic carbocycles. The Hall–Kier alpha value is -0.650. The topological polar surface area (TPSA) is 58.8 Å². The predicted octanol–water partition coefficient (Wildman–Crippen LogP) is -0.0972. The maximum Gasteiger partial charge on any atom is 0.253 e. The largest absolute Gasteiger partial charge is 0.370 e. The first-order chi connectivity index (χ1) is 8.13. The van der Waals surface area contributed by atoms with Gasteiger partial charge < -0.3 is 20.3 Å². The number of methoxy groups -OCH3 is 1. The Morgan fingerprint density at radius 2 is 2.24 bits per heavy atom. The molecule has 17 heavy (non-hydrogen) atoms. The zero-order valence-corrected chi connectivity index (χ0v) is 11.2. The van der Waals surface area contributed by atoms with Crippen LogP contribution in [0, 0.1) is 0 Å². The second kappa shape index (κ2) is 6.93. The van der Waals surface area contributed by atoms with Gasteiger partial charge in [-0.25, -0.2) is 0 Å². The Morgan fingerprint density at radius 3 is 2.76 bits per heavy atom. The molecule has 1 aliphatic heterocycles. The lowest BCUT2D eigenvalue weighted by Gasteiger charge is -2.32. The van der Waals surface area contributed by atoms with E-state index in [1.807, 2.05) is 4.90 Å². The van der Waals surface area contributed by atoms with Crippen LogP contribution in [0.4, 0.5) is 0 Å². The fourth-order valence-corrected chi connectivity index (χ4v) is 2.37. The molecule has 0 bridgehead atoms. The SMILES string of the molecule is CCC1CN(C)CCCN1C(=O)C(CN)OC. The zero-order chi connectivity index (χ0) is 12.8. The van der Waals surface area contributed by atoms with Gasteiger partial charge in [-0.1, -0.05) is 6.92 Å². The first kappa shape index (κ1) is 14.4. The molecule has 5 nitrogen and oxygen atoms in total. The average molecular weight is 243 g/mol. The third kappa shape index (κ3) is 3.66. The highest BCUT2D eigenvalue weighted by atomic mass is 16.5. The summed E-state index contributed by atoms with van der Waals surface area (Å²) in [5, 5.41) is 0. The van der Waals surface area contributed by atoms with Crippen LogP contribution in [0.15, 0.2) is 0 Å². The standard InChI is InChI=1S/C12H25N3O2/c1-4-10-9-14(2)6-5-7-15(10)12(16)11(8-13)17-3/h10-11H,4-9,13H2,1-3H3. The van der Waals surface area contributed by atoms with Gasteiger partial charge in [0.15, 0.2) is 0 Å². The highest BCUT2D eigenvalue weighted by Gasteiger charge is 2.30. The summed E-state index contributed by atoms with van der Waals surface area (Å²) in [4.78, 5) is 16.5. The number of hydrogen-bond donors (Lipinski definition) is 1. The molecule has 1 fully saturated rings. The van der Waals surface area contributed by atoms with Gasteiger partial charge in [0.25, 0.3) is 5.91 Å². The third-order valence-electron chi connectivity index (χ3n) is 3.43. The molecule has 1 heterocycles. The van der Waals surface area contributed by atoms with Crippen LogP contribution in [0.1, 0.15) is 19.8 Å². The molecule has 0 aromatic rings. The number of nitrogens with two attached hydrogens (primary N) is 1. The number of nitrogens with zero attached hydrogens (tertiary/aromatic N) is 2. The molecule has 0 spiro atoms. The molecule has 0 radical (unpaired) electrons. The molecule has 1 amide bonds. The Kier molecular flexibility index (Phi) is 5.88. The van der Waals surface area contributed by atoms with Crippen LogP contribution in [-0.2, 0) is 9.53 Å². The number of carbonyl (C=O) groups is 1. The van der Waals surface area contributed by atoms with Crippen molar-refractivity contribution in [3.63, 3.8) is 0 Å². The van der Waals surface area contributed by atoms with Crippen molar-refractivity contribution >= 4 is 5.91 Å². The molecular formula is C12H25N3O2.